The Labute approximate surface area is 124 Å². The molecule has 0 bridgehead atoms. The summed E-state index contributed by atoms with van der Waals surface area (Å²) in [5.74, 6) is 0.545. The van der Waals surface area contributed by atoms with Crippen molar-refractivity contribution in [2.45, 2.75) is 45.8 Å². The van der Waals surface area contributed by atoms with E-state index in [9.17, 15) is 10.1 Å². The Morgan fingerprint density at radius 1 is 1.43 bits per heavy atom. The molecule has 1 aliphatic heterocycles. The SMILES string of the molecule is Cc1cc([N+](=O)[O-])ccc1NC1C2CCCOC2C1(C)C. The summed E-state index contributed by atoms with van der Waals surface area (Å²) in [6, 6.07) is 5.38. The lowest BCUT2D eigenvalue weighted by Gasteiger charge is -2.60. The van der Waals surface area contributed by atoms with E-state index in [1.807, 2.05) is 13.0 Å². The summed E-state index contributed by atoms with van der Waals surface area (Å²) >= 11 is 0. The van der Waals surface area contributed by atoms with Gasteiger partial charge in [0.25, 0.3) is 5.69 Å². The first-order valence-electron chi connectivity index (χ1n) is 7.54. The summed E-state index contributed by atoms with van der Waals surface area (Å²) in [5.41, 5.74) is 2.15. The van der Waals surface area contributed by atoms with Gasteiger partial charge in [0.2, 0.25) is 0 Å². The average Bonchev–Trinajstić information content (AvgIpc) is 2.45. The van der Waals surface area contributed by atoms with Gasteiger partial charge in [0, 0.05) is 41.8 Å². The number of anilines is 1. The topological polar surface area (TPSA) is 64.4 Å². The molecule has 0 aromatic heterocycles. The molecule has 3 rings (SSSR count). The van der Waals surface area contributed by atoms with Gasteiger partial charge in [-0.1, -0.05) is 13.8 Å². The smallest absolute Gasteiger partial charge is 0.269 e. The van der Waals surface area contributed by atoms with Gasteiger partial charge in [-0.05, 0) is 31.4 Å². The van der Waals surface area contributed by atoms with Crippen LogP contribution in [0.25, 0.3) is 0 Å². The molecule has 114 valence electrons. The van der Waals surface area contributed by atoms with Crippen LogP contribution in [0.1, 0.15) is 32.3 Å². The maximum Gasteiger partial charge on any atom is 0.269 e. The third kappa shape index (κ3) is 2.29. The molecular weight excluding hydrogens is 268 g/mol. The summed E-state index contributed by atoms with van der Waals surface area (Å²) < 4.78 is 5.91. The first-order chi connectivity index (χ1) is 9.91. The predicted octanol–water partition coefficient (Wildman–Crippen LogP) is 3.52. The molecule has 1 heterocycles. The number of hydrogen-bond acceptors (Lipinski definition) is 4. The van der Waals surface area contributed by atoms with Crippen LogP contribution < -0.4 is 5.32 Å². The fraction of sp³-hybridized carbons (Fsp3) is 0.625. The van der Waals surface area contributed by atoms with Crippen molar-refractivity contribution in [2.75, 3.05) is 11.9 Å². The highest BCUT2D eigenvalue weighted by Crippen LogP contribution is 2.52. The number of nitro groups is 1. The van der Waals surface area contributed by atoms with Gasteiger partial charge < -0.3 is 10.1 Å². The van der Waals surface area contributed by atoms with Crippen LogP contribution in [0.5, 0.6) is 0 Å². The molecule has 1 aromatic rings. The normalized spacial score (nSPS) is 30.1. The molecule has 2 fully saturated rings. The fourth-order valence-electron chi connectivity index (χ4n) is 3.91. The van der Waals surface area contributed by atoms with Crippen LogP contribution in [-0.4, -0.2) is 23.7 Å². The third-order valence-corrected chi connectivity index (χ3v) is 5.06. The molecule has 5 nitrogen and oxygen atoms in total. The summed E-state index contributed by atoms with van der Waals surface area (Å²) in [4.78, 5) is 10.5. The highest BCUT2D eigenvalue weighted by Gasteiger charge is 2.57. The molecule has 0 amide bonds. The number of aryl methyl sites for hydroxylation is 1. The van der Waals surface area contributed by atoms with Crippen LogP contribution in [0.2, 0.25) is 0 Å². The number of nitrogens with one attached hydrogen (secondary N) is 1. The molecule has 1 saturated heterocycles. The molecule has 0 spiro atoms. The Morgan fingerprint density at radius 3 is 2.86 bits per heavy atom. The zero-order chi connectivity index (χ0) is 15.2. The van der Waals surface area contributed by atoms with Crippen molar-refractivity contribution in [3.8, 4) is 0 Å². The number of nitro benzene ring substituents is 1. The van der Waals surface area contributed by atoms with Crippen LogP contribution in [-0.2, 0) is 4.74 Å². The minimum atomic E-state index is -0.352. The zero-order valence-electron chi connectivity index (χ0n) is 12.8. The first kappa shape index (κ1) is 14.3. The number of fused-ring (bicyclic) bond motifs is 1. The van der Waals surface area contributed by atoms with Gasteiger partial charge in [-0.3, -0.25) is 10.1 Å². The molecule has 1 saturated carbocycles. The van der Waals surface area contributed by atoms with Crippen LogP contribution in [0.15, 0.2) is 18.2 Å². The Kier molecular flexibility index (Phi) is 3.40. The second-order valence-corrected chi connectivity index (χ2v) is 6.80. The Hall–Kier alpha value is -1.62. The highest BCUT2D eigenvalue weighted by molar-refractivity contribution is 5.56. The zero-order valence-corrected chi connectivity index (χ0v) is 12.8. The van der Waals surface area contributed by atoms with Gasteiger partial charge in [0.05, 0.1) is 11.0 Å². The molecule has 21 heavy (non-hydrogen) atoms. The number of nitrogens with zero attached hydrogens (tertiary/aromatic N) is 1. The molecule has 1 aliphatic carbocycles. The molecule has 1 N–H and O–H groups in total. The summed E-state index contributed by atoms with van der Waals surface area (Å²) in [6.45, 7) is 7.25. The van der Waals surface area contributed by atoms with Gasteiger partial charge in [-0.15, -0.1) is 0 Å². The minimum Gasteiger partial charge on any atom is -0.381 e. The van der Waals surface area contributed by atoms with Crippen LogP contribution >= 0.6 is 0 Å². The number of non-ortho nitro benzene ring substituents is 1. The van der Waals surface area contributed by atoms with Crippen molar-refractivity contribution in [3.63, 3.8) is 0 Å². The van der Waals surface area contributed by atoms with E-state index in [4.69, 9.17) is 4.74 Å². The number of hydrogen-bond donors (Lipinski definition) is 1. The van der Waals surface area contributed by atoms with E-state index in [2.05, 4.69) is 19.2 Å². The van der Waals surface area contributed by atoms with Crippen LogP contribution in [0, 0.1) is 28.4 Å². The summed E-state index contributed by atoms with van der Waals surface area (Å²) in [7, 11) is 0. The molecule has 5 heteroatoms. The van der Waals surface area contributed by atoms with Gasteiger partial charge in [-0.2, -0.15) is 0 Å². The average molecular weight is 290 g/mol. The number of ether oxygens (including phenoxy) is 1. The highest BCUT2D eigenvalue weighted by atomic mass is 16.6. The van der Waals surface area contributed by atoms with E-state index in [0.29, 0.717) is 18.1 Å². The predicted molar refractivity (Wildman–Crippen MR) is 81.5 cm³/mol. The Morgan fingerprint density at radius 2 is 2.19 bits per heavy atom. The van der Waals surface area contributed by atoms with Crippen molar-refractivity contribution in [1.82, 2.24) is 0 Å². The Balaban J connectivity index is 1.79. The third-order valence-electron chi connectivity index (χ3n) is 5.06. The van der Waals surface area contributed by atoms with E-state index < -0.39 is 0 Å². The van der Waals surface area contributed by atoms with E-state index in [0.717, 1.165) is 24.3 Å². The van der Waals surface area contributed by atoms with E-state index in [1.54, 1.807) is 12.1 Å². The van der Waals surface area contributed by atoms with E-state index in [-0.39, 0.29) is 16.0 Å². The second-order valence-electron chi connectivity index (χ2n) is 6.80. The molecule has 1 aromatic carbocycles. The monoisotopic (exact) mass is 290 g/mol. The van der Waals surface area contributed by atoms with Crippen LogP contribution in [0.3, 0.4) is 0 Å². The lowest BCUT2D eigenvalue weighted by molar-refractivity contribution is -0.384. The van der Waals surface area contributed by atoms with Crippen molar-refractivity contribution >= 4 is 11.4 Å². The maximum atomic E-state index is 10.8. The lowest BCUT2D eigenvalue weighted by Crippen LogP contribution is -2.67. The van der Waals surface area contributed by atoms with E-state index in [1.165, 1.54) is 6.42 Å². The minimum absolute atomic E-state index is 0.0965. The van der Waals surface area contributed by atoms with Gasteiger partial charge in [0.15, 0.2) is 0 Å². The number of benzene rings is 1. The summed E-state index contributed by atoms with van der Waals surface area (Å²) in [5, 5.41) is 14.4. The quantitative estimate of drug-likeness (QED) is 0.683. The number of rotatable bonds is 3. The summed E-state index contributed by atoms with van der Waals surface area (Å²) in [6.07, 6.45) is 2.65. The lowest BCUT2D eigenvalue weighted by atomic mass is 9.55. The van der Waals surface area contributed by atoms with Gasteiger partial charge in [0.1, 0.15) is 0 Å². The van der Waals surface area contributed by atoms with E-state index >= 15 is 0 Å². The van der Waals surface area contributed by atoms with Gasteiger partial charge >= 0.3 is 0 Å². The van der Waals surface area contributed by atoms with Crippen molar-refractivity contribution in [3.05, 3.63) is 33.9 Å². The maximum absolute atomic E-state index is 10.8. The molecule has 3 unspecified atom stereocenters. The van der Waals surface area contributed by atoms with Crippen molar-refractivity contribution in [1.29, 1.82) is 0 Å². The molecule has 2 aliphatic rings. The first-order valence-corrected chi connectivity index (χ1v) is 7.54. The second kappa shape index (κ2) is 4.98. The molecular formula is C16H22N2O3. The van der Waals surface area contributed by atoms with Crippen molar-refractivity contribution < 1.29 is 9.66 Å². The standard InChI is InChI=1S/C16H22N2O3/c1-10-9-11(18(19)20)6-7-13(10)17-14-12-5-4-8-21-15(12)16(14,2)3/h6-7,9,12,14-15,17H,4-5,8H2,1-3H3. The Bertz CT molecular complexity index is 571. The van der Waals surface area contributed by atoms with Gasteiger partial charge in [-0.25, -0.2) is 0 Å². The fourth-order valence-corrected chi connectivity index (χ4v) is 3.91. The van der Waals surface area contributed by atoms with Crippen LogP contribution in [0.4, 0.5) is 11.4 Å². The molecule has 3 atom stereocenters. The van der Waals surface area contributed by atoms with Crippen molar-refractivity contribution in [2.24, 2.45) is 11.3 Å². The largest absolute Gasteiger partial charge is 0.381 e. The molecule has 0 radical (unpaired) electrons.